The molecule has 2 fully saturated rings. The van der Waals surface area contributed by atoms with Gasteiger partial charge in [0.05, 0.1) is 32.1 Å². The molecule has 1 aromatic carbocycles. The number of piperazine rings is 1. The number of methoxy groups -OCH3 is 1. The number of halogens is 1. The lowest BCUT2D eigenvalue weighted by Gasteiger charge is -2.36. The predicted molar refractivity (Wildman–Crippen MR) is 107 cm³/mol. The highest BCUT2D eigenvalue weighted by atomic mass is 35.5. The lowest BCUT2D eigenvalue weighted by Crippen LogP contribution is -2.46. The first-order chi connectivity index (χ1) is 13.6. The van der Waals surface area contributed by atoms with E-state index in [4.69, 9.17) is 20.8 Å². The van der Waals surface area contributed by atoms with Crippen LogP contribution in [0.1, 0.15) is 24.5 Å². The maximum atomic E-state index is 11.7. The van der Waals surface area contributed by atoms with Gasteiger partial charge in [-0.1, -0.05) is 11.6 Å². The second-order valence-electron chi connectivity index (χ2n) is 7.22. The van der Waals surface area contributed by atoms with Gasteiger partial charge in [-0.05, 0) is 18.6 Å². The molecule has 8 heteroatoms. The van der Waals surface area contributed by atoms with Crippen molar-refractivity contribution in [1.29, 1.82) is 0 Å². The molecule has 2 aliphatic rings. The summed E-state index contributed by atoms with van der Waals surface area (Å²) in [6, 6.07) is 5.75. The van der Waals surface area contributed by atoms with Crippen molar-refractivity contribution >= 4 is 23.2 Å². The van der Waals surface area contributed by atoms with Gasteiger partial charge in [0.1, 0.15) is 11.5 Å². The minimum absolute atomic E-state index is 0.201. The maximum absolute atomic E-state index is 11.7. The van der Waals surface area contributed by atoms with Crippen molar-refractivity contribution in [3.63, 3.8) is 0 Å². The molecule has 0 spiro atoms. The molecular weight excluding hydrogens is 380 g/mol. The van der Waals surface area contributed by atoms with Crippen LogP contribution in [0.4, 0.5) is 5.69 Å². The molecule has 0 N–H and O–H groups in total. The first-order valence-electron chi connectivity index (χ1n) is 9.64. The number of carbonyl (C=O) groups is 1. The molecule has 1 amide bonds. The van der Waals surface area contributed by atoms with E-state index in [-0.39, 0.29) is 5.91 Å². The van der Waals surface area contributed by atoms with Gasteiger partial charge in [-0.3, -0.25) is 9.69 Å². The molecule has 2 aromatic rings. The molecule has 0 radical (unpaired) electrons. The molecule has 0 unspecified atom stereocenters. The van der Waals surface area contributed by atoms with Crippen LogP contribution in [-0.2, 0) is 17.9 Å². The SMILES string of the molecule is COc1cc(Cl)ccc1N1CCN(Cc2ncc(CN3CCCC3=O)o2)CC1. The van der Waals surface area contributed by atoms with Crippen LogP contribution in [0.2, 0.25) is 5.02 Å². The summed E-state index contributed by atoms with van der Waals surface area (Å²) in [6.07, 6.45) is 3.32. The number of nitrogens with zero attached hydrogens (tertiary/aromatic N) is 4. The summed E-state index contributed by atoms with van der Waals surface area (Å²) in [4.78, 5) is 22.6. The molecule has 150 valence electrons. The van der Waals surface area contributed by atoms with Gasteiger partial charge in [0.2, 0.25) is 11.8 Å². The van der Waals surface area contributed by atoms with Crippen LogP contribution in [0.25, 0.3) is 0 Å². The van der Waals surface area contributed by atoms with Gasteiger partial charge in [0.15, 0.2) is 0 Å². The largest absolute Gasteiger partial charge is 0.495 e. The van der Waals surface area contributed by atoms with Crippen molar-refractivity contribution in [2.24, 2.45) is 0 Å². The van der Waals surface area contributed by atoms with E-state index < -0.39 is 0 Å². The van der Waals surface area contributed by atoms with E-state index in [0.717, 1.165) is 56.3 Å². The second kappa shape index (κ2) is 8.41. The van der Waals surface area contributed by atoms with Gasteiger partial charge in [0, 0.05) is 50.2 Å². The number of hydrogen-bond acceptors (Lipinski definition) is 6. The Bertz CT molecular complexity index is 833. The highest BCUT2D eigenvalue weighted by Crippen LogP contribution is 2.31. The van der Waals surface area contributed by atoms with E-state index in [2.05, 4.69) is 14.8 Å². The molecule has 3 heterocycles. The van der Waals surface area contributed by atoms with Crippen molar-refractivity contribution in [3.8, 4) is 5.75 Å². The van der Waals surface area contributed by atoms with Crippen LogP contribution in [0.15, 0.2) is 28.8 Å². The fourth-order valence-corrected chi connectivity index (χ4v) is 3.97. The summed E-state index contributed by atoms with van der Waals surface area (Å²) >= 11 is 6.07. The van der Waals surface area contributed by atoms with Gasteiger partial charge in [-0.2, -0.15) is 0 Å². The lowest BCUT2D eigenvalue weighted by molar-refractivity contribution is -0.128. The summed E-state index contributed by atoms with van der Waals surface area (Å²) in [5, 5.41) is 0.676. The lowest BCUT2D eigenvalue weighted by atomic mass is 10.2. The number of likely N-dealkylation sites (tertiary alicyclic amines) is 1. The van der Waals surface area contributed by atoms with Crippen LogP contribution >= 0.6 is 11.6 Å². The van der Waals surface area contributed by atoms with Crippen molar-refractivity contribution in [1.82, 2.24) is 14.8 Å². The van der Waals surface area contributed by atoms with Crippen LogP contribution in [0.3, 0.4) is 0 Å². The maximum Gasteiger partial charge on any atom is 0.223 e. The molecule has 0 bridgehead atoms. The standard InChI is InChI=1S/C20H25ClN4O3/c1-27-18-11-15(21)4-5-17(18)24-9-7-23(8-10-24)14-19-22-12-16(28-19)13-25-6-2-3-20(25)26/h4-5,11-12H,2-3,6-10,13-14H2,1H3. The Labute approximate surface area is 169 Å². The van der Waals surface area contributed by atoms with E-state index in [1.807, 2.05) is 23.1 Å². The second-order valence-corrected chi connectivity index (χ2v) is 7.65. The number of anilines is 1. The Morgan fingerprint density at radius 1 is 1.18 bits per heavy atom. The molecule has 0 atom stereocenters. The number of ether oxygens (including phenoxy) is 1. The molecule has 4 rings (SSSR count). The van der Waals surface area contributed by atoms with E-state index in [1.165, 1.54) is 0 Å². The third-order valence-corrected chi connectivity index (χ3v) is 5.57. The summed E-state index contributed by atoms with van der Waals surface area (Å²) in [6.45, 7) is 5.63. The van der Waals surface area contributed by atoms with Crippen LogP contribution < -0.4 is 9.64 Å². The topological polar surface area (TPSA) is 62.1 Å². The van der Waals surface area contributed by atoms with Crippen molar-refractivity contribution in [2.45, 2.75) is 25.9 Å². The molecular formula is C20H25ClN4O3. The van der Waals surface area contributed by atoms with Crippen molar-refractivity contribution in [2.75, 3.05) is 44.7 Å². The van der Waals surface area contributed by atoms with E-state index in [1.54, 1.807) is 13.3 Å². The van der Waals surface area contributed by atoms with Gasteiger partial charge in [-0.25, -0.2) is 4.98 Å². The fraction of sp³-hybridized carbons (Fsp3) is 0.500. The van der Waals surface area contributed by atoms with Crippen LogP contribution in [0.5, 0.6) is 5.75 Å². The Kier molecular flexibility index (Phi) is 5.73. The molecule has 1 aromatic heterocycles. The average molecular weight is 405 g/mol. The Hall–Kier alpha value is -2.25. The van der Waals surface area contributed by atoms with Gasteiger partial charge in [0.25, 0.3) is 0 Å². The van der Waals surface area contributed by atoms with Gasteiger partial charge >= 0.3 is 0 Å². The molecule has 2 aliphatic heterocycles. The number of amides is 1. The van der Waals surface area contributed by atoms with E-state index in [9.17, 15) is 4.79 Å². The molecule has 0 saturated carbocycles. The molecule has 2 saturated heterocycles. The number of rotatable bonds is 6. The minimum atomic E-state index is 0.201. The van der Waals surface area contributed by atoms with Gasteiger partial charge < -0.3 is 19.0 Å². The first kappa shape index (κ1) is 19.1. The fourth-order valence-electron chi connectivity index (χ4n) is 3.80. The average Bonchev–Trinajstić information content (AvgIpc) is 3.31. The normalized spacial score (nSPS) is 18.1. The van der Waals surface area contributed by atoms with Gasteiger partial charge in [-0.15, -0.1) is 0 Å². The quantitative estimate of drug-likeness (QED) is 0.737. The first-order valence-corrected chi connectivity index (χ1v) is 10.0. The Balaban J connectivity index is 1.31. The third-order valence-electron chi connectivity index (χ3n) is 5.33. The highest BCUT2D eigenvalue weighted by Gasteiger charge is 2.23. The zero-order valence-corrected chi connectivity index (χ0v) is 16.8. The molecule has 0 aliphatic carbocycles. The number of hydrogen-bond donors (Lipinski definition) is 0. The Morgan fingerprint density at radius 2 is 2.00 bits per heavy atom. The van der Waals surface area contributed by atoms with E-state index in [0.29, 0.717) is 30.4 Å². The summed E-state index contributed by atoms with van der Waals surface area (Å²) in [7, 11) is 1.67. The summed E-state index contributed by atoms with van der Waals surface area (Å²) in [5.41, 5.74) is 1.07. The van der Waals surface area contributed by atoms with Crippen LogP contribution in [0, 0.1) is 0 Å². The minimum Gasteiger partial charge on any atom is -0.495 e. The molecule has 28 heavy (non-hydrogen) atoms. The number of carbonyl (C=O) groups excluding carboxylic acids is 1. The number of oxazole rings is 1. The zero-order chi connectivity index (χ0) is 19.5. The molecule has 7 nitrogen and oxygen atoms in total. The number of aromatic nitrogens is 1. The van der Waals surface area contributed by atoms with Crippen LogP contribution in [-0.4, -0.2) is 60.5 Å². The zero-order valence-electron chi connectivity index (χ0n) is 16.1. The monoisotopic (exact) mass is 404 g/mol. The third kappa shape index (κ3) is 4.25. The smallest absolute Gasteiger partial charge is 0.223 e. The predicted octanol–water partition coefficient (Wildman–Crippen LogP) is 2.78. The Morgan fingerprint density at radius 3 is 2.71 bits per heavy atom. The van der Waals surface area contributed by atoms with E-state index >= 15 is 0 Å². The van der Waals surface area contributed by atoms with Crippen molar-refractivity contribution in [3.05, 3.63) is 41.1 Å². The highest BCUT2D eigenvalue weighted by molar-refractivity contribution is 6.30. The van der Waals surface area contributed by atoms with Crippen molar-refractivity contribution < 1.29 is 13.9 Å². The number of benzene rings is 1. The summed E-state index contributed by atoms with van der Waals surface area (Å²) in [5.74, 6) is 2.47. The summed E-state index contributed by atoms with van der Waals surface area (Å²) < 4.78 is 11.3.